The van der Waals surface area contributed by atoms with Crippen molar-refractivity contribution in [2.75, 3.05) is 34.8 Å². The number of nitrogens with zero attached hydrogens (tertiary/aromatic N) is 1. The van der Waals surface area contributed by atoms with Crippen LogP contribution in [0.4, 0.5) is 11.4 Å². The van der Waals surface area contributed by atoms with Gasteiger partial charge in [-0.3, -0.25) is 4.21 Å². The molecule has 1 aliphatic heterocycles. The predicted octanol–water partition coefficient (Wildman–Crippen LogP) is 2.43. The molecular formula is C15H24N2OS. The SMILES string of the molecule is C=S1(=O)CCN(c2ccc(NC(C)(C)C)cc2)CC1. The van der Waals surface area contributed by atoms with Crippen molar-refractivity contribution in [3.05, 3.63) is 24.3 Å². The largest absolute Gasteiger partial charge is 0.380 e. The van der Waals surface area contributed by atoms with Crippen LogP contribution in [-0.2, 0) is 9.52 Å². The lowest BCUT2D eigenvalue weighted by atomic mass is 10.1. The van der Waals surface area contributed by atoms with Crippen LogP contribution < -0.4 is 10.2 Å². The molecule has 4 heteroatoms. The van der Waals surface area contributed by atoms with Crippen molar-refractivity contribution in [3.8, 4) is 0 Å². The maximum absolute atomic E-state index is 11.8. The highest BCUT2D eigenvalue weighted by Gasteiger charge is 2.17. The van der Waals surface area contributed by atoms with Crippen LogP contribution in [0, 0.1) is 0 Å². The van der Waals surface area contributed by atoms with Crippen molar-refractivity contribution in [1.82, 2.24) is 0 Å². The van der Waals surface area contributed by atoms with Crippen LogP contribution in [0.5, 0.6) is 0 Å². The van der Waals surface area contributed by atoms with Gasteiger partial charge in [0.15, 0.2) is 0 Å². The first kappa shape index (κ1) is 14.3. The lowest BCUT2D eigenvalue weighted by molar-refractivity contribution is 0.634. The van der Waals surface area contributed by atoms with Crippen molar-refractivity contribution in [2.24, 2.45) is 0 Å². The third kappa shape index (κ3) is 4.16. The van der Waals surface area contributed by atoms with E-state index in [2.05, 4.69) is 61.1 Å². The Morgan fingerprint density at radius 1 is 1.16 bits per heavy atom. The van der Waals surface area contributed by atoms with E-state index in [9.17, 15) is 4.21 Å². The van der Waals surface area contributed by atoms with Crippen molar-refractivity contribution in [3.63, 3.8) is 0 Å². The first-order chi connectivity index (χ1) is 8.75. The highest BCUT2D eigenvalue weighted by molar-refractivity contribution is 8.00. The summed E-state index contributed by atoms with van der Waals surface area (Å²) in [5.74, 6) is 5.21. The number of rotatable bonds is 2. The van der Waals surface area contributed by atoms with E-state index in [0.717, 1.165) is 18.8 Å². The fraction of sp³-hybridized carbons (Fsp3) is 0.533. The fourth-order valence-electron chi connectivity index (χ4n) is 2.21. The Balaban J connectivity index is 2.03. The second-order valence-corrected chi connectivity index (χ2v) is 9.03. The number of benzene rings is 1. The van der Waals surface area contributed by atoms with Crippen molar-refractivity contribution >= 4 is 26.8 Å². The quantitative estimate of drug-likeness (QED) is 0.845. The Morgan fingerprint density at radius 2 is 1.68 bits per heavy atom. The van der Waals surface area contributed by atoms with Crippen LogP contribution in [0.25, 0.3) is 0 Å². The van der Waals surface area contributed by atoms with Gasteiger partial charge < -0.3 is 10.2 Å². The second-order valence-electron chi connectivity index (χ2n) is 6.28. The van der Waals surface area contributed by atoms with E-state index in [0.29, 0.717) is 11.5 Å². The van der Waals surface area contributed by atoms with Crippen molar-refractivity contribution in [1.29, 1.82) is 0 Å². The van der Waals surface area contributed by atoms with Gasteiger partial charge in [0.2, 0.25) is 0 Å². The Morgan fingerprint density at radius 3 is 2.16 bits per heavy atom. The summed E-state index contributed by atoms with van der Waals surface area (Å²) >= 11 is 0. The molecule has 0 aromatic heterocycles. The van der Waals surface area contributed by atoms with Gasteiger partial charge in [0.25, 0.3) is 0 Å². The van der Waals surface area contributed by atoms with E-state index >= 15 is 0 Å². The third-order valence-electron chi connectivity index (χ3n) is 3.22. The van der Waals surface area contributed by atoms with Gasteiger partial charge in [-0.1, -0.05) is 0 Å². The average Bonchev–Trinajstić information content (AvgIpc) is 2.28. The summed E-state index contributed by atoms with van der Waals surface area (Å²) in [7, 11) is -1.81. The smallest absolute Gasteiger partial charge is 0.0368 e. The third-order valence-corrected chi connectivity index (χ3v) is 5.07. The van der Waals surface area contributed by atoms with Gasteiger partial charge in [0.1, 0.15) is 0 Å². The van der Waals surface area contributed by atoms with E-state index in [1.54, 1.807) is 0 Å². The van der Waals surface area contributed by atoms with Crippen molar-refractivity contribution in [2.45, 2.75) is 26.3 Å². The Bertz CT molecular complexity index is 512. The minimum Gasteiger partial charge on any atom is -0.380 e. The maximum atomic E-state index is 11.8. The molecule has 1 saturated heterocycles. The molecule has 0 amide bonds. The Kier molecular flexibility index (Phi) is 3.81. The molecular weight excluding hydrogens is 256 g/mol. The molecule has 0 unspecified atom stereocenters. The van der Waals surface area contributed by atoms with Gasteiger partial charge in [0, 0.05) is 41.5 Å². The summed E-state index contributed by atoms with van der Waals surface area (Å²) in [6.07, 6.45) is 0. The minimum atomic E-state index is -1.81. The maximum Gasteiger partial charge on any atom is 0.0368 e. The highest BCUT2D eigenvalue weighted by Crippen LogP contribution is 2.21. The van der Waals surface area contributed by atoms with Gasteiger partial charge in [-0.25, -0.2) is 0 Å². The molecule has 1 aromatic rings. The fourth-order valence-corrected chi connectivity index (χ4v) is 3.52. The van der Waals surface area contributed by atoms with E-state index in [1.807, 2.05) is 0 Å². The monoisotopic (exact) mass is 280 g/mol. The first-order valence-electron chi connectivity index (χ1n) is 6.71. The van der Waals surface area contributed by atoms with Crippen LogP contribution >= 0.6 is 0 Å². The second kappa shape index (κ2) is 5.08. The molecule has 2 rings (SSSR count). The Labute approximate surface area is 117 Å². The van der Waals surface area contributed by atoms with Crippen molar-refractivity contribution < 1.29 is 4.21 Å². The van der Waals surface area contributed by atoms with E-state index in [4.69, 9.17) is 0 Å². The topological polar surface area (TPSA) is 32.3 Å². The lowest BCUT2D eigenvalue weighted by Gasteiger charge is -2.31. The van der Waals surface area contributed by atoms with Gasteiger partial charge >= 0.3 is 0 Å². The Hall–Kier alpha value is -1.16. The highest BCUT2D eigenvalue weighted by atomic mass is 32.2. The van der Waals surface area contributed by atoms with E-state index in [-0.39, 0.29) is 5.54 Å². The molecule has 0 atom stereocenters. The zero-order valence-electron chi connectivity index (χ0n) is 12.1. The van der Waals surface area contributed by atoms with Crippen LogP contribution in [0.1, 0.15) is 20.8 Å². The number of hydrogen-bond donors (Lipinski definition) is 1. The molecule has 1 fully saturated rings. The molecule has 0 spiro atoms. The zero-order valence-corrected chi connectivity index (χ0v) is 12.9. The molecule has 0 radical (unpaired) electrons. The summed E-state index contributed by atoms with van der Waals surface area (Å²) < 4.78 is 11.8. The number of anilines is 2. The molecule has 1 N–H and O–H groups in total. The lowest BCUT2D eigenvalue weighted by Crippen LogP contribution is -2.40. The molecule has 1 heterocycles. The molecule has 3 nitrogen and oxygen atoms in total. The van der Waals surface area contributed by atoms with E-state index < -0.39 is 9.52 Å². The molecule has 1 aliphatic rings. The predicted molar refractivity (Wildman–Crippen MR) is 87.0 cm³/mol. The number of nitrogens with one attached hydrogen (secondary N) is 1. The average molecular weight is 280 g/mol. The molecule has 1 aromatic carbocycles. The molecule has 19 heavy (non-hydrogen) atoms. The van der Waals surface area contributed by atoms with Gasteiger partial charge in [-0.2, -0.15) is 0 Å². The molecule has 106 valence electrons. The molecule has 0 saturated carbocycles. The minimum absolute atomic E-state index is 0.0754. The van der Waals surface area contributed by atoms with Crippen LogP contribution in [0.3, 0.4) is 0 Å². The van der Waals surface area contributed by atoms with Gasteiger partial charge in [-0.15, -0.1) is 0 Å². The first-order valence-corrected chi connectivity index (χ1v) is 8.78. The summed E-state index contributed by atoms with van der Waals surface area (Å²) in [5, 5.41) is 3.45. The van der Waals surface area contributed by atoms with Gasteiger partial charge in [0.05, 0.1) is 0 Å². The van der Waals surface area contributed by atoms with Crippen LogP contribution in [0.15, 0.2) is 24.3 Å². The molecule has 0 aliphatic carbocycles. The van der Waals surface area contributed by atoms with Gasteiger partial charge in [-0.05, 0) is 60.4 Å². The van der Waals surface area contributed by atoms with E-state index in [1.165, 1.54) is 5.69 Å². The summed E-state index contributed by atoms with van der Waals surface area (Å²) in [5.41, 5.74) is 2.41. The normalized spacial score (nSPS) is 19.2. The number of hydrogen-bond acceptors (Lipinski definition) is 3. The molecule has 0 bridgehead atoms. The van der Waals surface area contributed by atoms with Crippen LogP contribution in [-0.4, -0.2) is 40.2 Å². The van der Waals surface area contributed by atoms with Crippen LogP contribution in [0.2, 0.25) is 0 Å². The zero-order chi connectivity index (χ0) is 14.1. The summed E-state index contributed by atoms with van der Waals surface area (Å²) in [6, 6.07) is 8.47. The summed E-state index contributed by atoms with van der Waals surface area (Å²) in [4.78, 5) is 2.29. The standard InChI is InChI=1S/C15H24N2OS/c1-15(2,3)16-13-5-7-14(8-6-13)17-9-11-19(4,18)12-10-17/h5-8,16H,4,9-12H2,1-3H3. The summed E-state index contributed by atoms with van der Waals surface area (Å²) in [6.45, 7) is 8.13.